The molecule has 4 rings (SSSR count). The lowest BCUT2D eigenvalue weighted by Gasteiger charge is -2.29. The second-order valence-electron chi connectivity index (χ2n) is 8.31. The quantitative estimate of drug-likeness (QED) is 0.604. The topological polar surface area (TPSA) is 111 Å². The molecule has 0 bridgehead atoms. The number of hydrogen-bond acceptors (Lipinski definition) is 8. The second-order valence-corrected chi connectivity index (χ2v) is 11.7. The van der Waals surface area contributed by atoms with Gasteiger partial charge in [0.25, 0.3) is 5.91 Å². The van der Waals surface area contributed by atoms with E-state index in [0.717, 1.165) is 29.2 Å². The fourth-order valence-electron chi connectivity index (χ4n) is 3.83. The summed E-state index contributed by atoms with van der Waals surface area (Å²) >= 11 is 1.56. The average Bonchev–Trinajstić information content (AvgIpc) is 3.37. The number of carbonyl (C=O) groups excluding carboxylic acids is 2. The summed E-state index contributed by atoms with van der Waals surface area (Å²) in [4.78, 5) is 32.1. The van der Waals surface area contributed by atoms with Crippen molar-refractivity contribution in [1.29, 1.82) is 0 Å². The maximum atomic E-state index is 12.9. The number of nitrogens with one attached hydrogen (secondary N) is 1. The molecule has 11 heteroatoms. The van der Waals surface area contributed by atoms with Crippen LogP contribution < -0.4 is 10.4 Å². The number of thiophene rings is 1. The highest BCUT2D eigenvalue weighted by Crippen LogP contribution is 2.32. The first-order chi connectivity index (χ1) is 15.2. The number of sulfone groups is 1. The number of ether oxygens (including phenoxy) is 2. The van der Waals surface area contributed by atoms with Crippen LogP contribution in [0.3, 0.4) is 0 Å². The van der Waals surface area contributed by atoms with Gasteiger partial charge in [-0.25, -0.2) is 23.5 Å². The number of amides is 2. The molecule has 32 heavy (non-hydrogen) atoms. The van der Waals surface area contributed by atoms with Gasteiger partial charge in [-0.3, -0.25) is 9.69 Å². The van der Waals surface area contributed by atoms with Crippen molar-refractivity contribution >= 4 is 48.9 Å². The smallest absolute Gasteiger partial charge is 0.414 e. The van der Waals surface area contributed by atoms with Crippen molar-refractivity contribution in [2.45, 2.75) is 49.7 Å². The number of carbonyl (C=O) groups is 2. The number of hydrogen-bond donors (Lipinski definition) is 1. The number of anilines is 1. The molecule has 3 heterocycles. The molecule has 2 saturated heterocycles. The summed E-state index contributed by atoms with van der Waals surface area (Å²) in [5, 5.41) is 3.04. The van der Waals surface area contributed by atoms with Crippen LogP contribution >= 0.6 is 11.3 Å². The second kappa shape index (κ2) is 8.97. The van der Waals surface area contributed by atoms with Crippen LogP contribution in [0.15, 0.2) is 29.6 Å². The van der Waals surface area contributed by atoms with Gasteiger partial charge in [0.2, 0.25) is 0 Å². The van der Waals surface area contributed by atoms with Crippen LogP contribution in [-0.4, -0.2) is 57.0 Å². The van der Waals surface area contributed by atoms with Crippen molar-refractivity contribution in [1.82, 2.24) is 5.48 Å². The zero-order valence-electron chi connectivity index (χ0n) is 17.9. The van der Waals surface area contributed by atoms with E-state index >= 15 is 0 Å². The maximum absolute atomic E-state index is 12.9. The summed E-state index contributed by atoms with van der Waals surface area (Å²) in [6.45, 7) is 1.98. The standard InChI is InChI=1S/C21H26N2O7S2/c1-21(32(2,26)27,19(24)22-30-18-5-3-4-9-28-18)12-16-13-23(20(25)29-16)15-7-6-14-8-10-31-17(14)11-15/h6-8,10-11,16,18H,3-5,9,12-13H2,1-2H3,(H,22,24)/t16-,18?,21+/m0/s1. The monoisotopic (exact) mass is 482 g/mol. The fourth-order valence-corrected chi connectivity index (χ4v) is 5.52. The predicted molar refractivity (Wildman–Crippen MR) is 120 cm³/mol. The molecule has 2 aromatic rings. The summed E-state index contributed by atoms with van der Waals surface area (Å²) in [5.74, 6) is -0.816. The summed E-state index contributed by atoms with van der Waals surface area (Å²) in [7, 11) is -3.87. The van der Waals surface area contributed by atoms with Gasteiger partial charge in [0.1, 0.15) is 6.10 Å². The highest BCUT2D eigenvalue weighted by Gasteiger charge is 2.48. The van der Waals surface area contributed by atoms with E-state index in [-0.39, 0.29) is 13.0 Å². The zero-order chi connectivity index (χ0) is 22.9. The van der Waals surface area contributed by atoms with E-state index in [2.05, 4.69) is 5.48 Å². The molecule has 2 aliphatic heterocycles. The molecular weight excluding hydrogens is 456 g/mol. The zero-order valence-corrected chi connectivity index (χ0v) is 19.5. The Hall–Kier alpha value is -2.21. The van der Waals surface area contributed by atoms with Crippen LogP contribution in [0.5, 0.6) is 0 Å². The predicted octanol–water partition coefficient (Wildman–Crippen LogP) is 2.99. The van der Waals surface area contributed by atoms with Gasteiger partial charge < -0.3 is 9.47 Å². The van der Waals surface area contributed by atoms with Crippen LogP contribution in [0.1, 0.15) is 32.6 Å². The summed E-state index contributed by atoms with van der Waals surface area (Å²) in [6, 6.07) is 7.62. The van der Waals surface area contributed by atoms with Gasteiger partial charge in [-0.15, -0.1) is 11.3 Å². The number of hydroxylamine groups is 1. The number of nitrogens with zero attached hydrogens (tertiary/aromatic N) is 1. The van der Waals surface area contributed by atoms with Crippen LogP contribution in [0.25, 0.3) is 10.1 Å². The van der Waals surface area contributed by atoms with Gasteiger partial charge in [-0.2, -0.15) is 0 Å². The Morgan fingerprint density at radius 2 is 2.16 bits per heavy atom. The van der Waals surface area contributed by atoms with E-state index in [1.54, 1.807) is 11.3 Å². The van der Waals surface area contributed by atoms with Gasteiger partial charge in [0.15, 0.2) is 20.9 Å². The molecule has 174 valence electrons. The normalized spacial score (nSPS) is 23.7. The van der Waals surface area contributed by atoms with Crippen LogP contribution in [0.2, 0.25) is 0 Å². The van der Waals surface area contributed by atoms with E-state index in [0.29, 0.717) is 18.7 Å². The van der Waals surface area contributed by atoms with Gasteiger partial charge >= 0.3 is 6.09 Å². The molecule has 2 amide bonds. The van der Waals surface area contributed by atoms with Crippen molar-refractivity contribution < 1.29 is 32.3 Å². The SMILES string of the molecule is C[C@@](C[C@H]1CN(c2ccc3ccsc3c2)C(=O)O1)(C(=O)NOC1CCCCO1)S(C)(=O)=O. The van der Waals surface area contributed by atoms with Crippen LogP contribution in [-0.2, 0) is 28.9 Å². The minimum atomic E-state index is -3.87. The first kappa shape index (κ1) is 23.0. The number of rotatable bonds is 7. The summed E-state index contributed by atoms with van der Waals surface area (Å²) in [5.41, 5.74) is 2.91. The molecule has 1 aromatic heterocycles. The molecule has 1 aromatic carbocycles. The third-order valence-electron chi connectivity index (χ3n) is 5.96. The van der Waals surface area contributed by atoms with Crippen molar-refractivity contribution in [2.24, 2.45) is 0 Å². The van der Waals surface area contributed by atoms with Crippen molar-refractivity contribution in [3.05, 3.63) is 29.6 Å². The molecule has 3 atom stereocenters. The highest BCUT2D eigenvalue weighted by molar-refractivity contribution is 7.92. The van der Waals surface area contributed by atoms with E-state index in [1.165, 1.54) is 11.8 Å². The molecule has 9 nitrogen and oxygen atoms in total. The highest BCUT2D eigenvalue weighted by atomic mass is 32.2. The van der Waals surface area contributed by atoms with Crippen LogP contribution in [0, 0.1) is 0 Å². The lowest BCUT2D eigenvalue weighted by Crippen LogP contribution is -2.53. The molecule has 2 fully saturated rings. The molecule has 1 N–H and O–H groups in total. The van der Waals surface area contributed by atoms with Crippen molar-refractivity contribution in [2.75, 3.05) is 24.3 Å². The Kier molecular flexibility index (Phi) is 6.44. The van der Waals surface area contributed by atoms with Crippen molar-refractivity contribution in [3.63, 3.8) is 0 Å². The Labute approximate surface area is 190 Å². The maximum Gasteiger partial charge on any atom is 0.414 e. The van der Waals surface area contributed by atoms with E-state index in [9.17, 15) is 18.0 Å². The molecular formula is C21H26N2O7S2. The Morgan fingerprint density at radius 3 is 2.88 bits per heavy atom. The minimum absolute atomic E-state index is 0.140. The first-order valence-corrected chi connectivity index (χ1v) is 13.2. The van der Waals surface area contributed by atoms with Crippen molar-refractivity contribution in [3.8, 4) is 0 Å². The Morgan fingerprint density at radius 1 is 1.34 bits per heavy atom. The number of cyclic esters (lactones) is 1. The summed E-state index contributed by atoms with van der Waals surface area (Å²) in [6.07, 6.45) is 1.25. The molecule has 0 radical (unpaired) electrons. The third-order valence-corrected chi connectivity index (χ3v) is 8.83. The largest absolute Gasteiger partial charge is 0.444 e. The van der Waals surface area contributed by atoms with E-state index < -0.39 is 39.0 Å². The molecule has 1 unspecified atom stereocenters. The fraction of sp³-hybridized carbons (Fsp3) is 0.524. The van der Waals surface area contributed by atoms with Gasteiger partial charge in [0.05, 0.1) is 6.54 Å². The lowest BCUT2D eigenvalue weighted by molar-refractivity contribution is -0.201. The molecule has 0 aliphatic carbocycles. The lowest BCUT2D eigenvalue weighted by atomic mass is 10.0. The van der Waals surface area contributed by atoms with Gasteiger partial charge in [-0.1, -0.05) is 6.07 Å². The molecule has 2 aliphatic rings. The first-order valence-electron chi connectivity index (χ1n) is 10.4. The Bertz CT molecular complexity index is 1110. The van der Waals surface area contributed by atoms with Crippen LogP contribution in [0.4, 0.5) is 10.5 Å². The van der Waals surface area contributed by atoms with E-state index in [4.69, 9.17) is 14.3 Å². The summed E-state index contributed by atoms with van der Waals surface area (Å²) < 4.78 is 35.2. The number of benzene rings is 1. The van der Waals surface area contributed by atoms with Gasteiger partial charge in [0, 0.05) is 36.1 Å². The molecule has 0 saturated carbocycles. The van der Waals surface area contributed by atoms with Gasteiger partial charge in [-0.05, 0) is 48.7 Å². The Balaban J connectivity index is 1.46. The molecule has 0 spiro atoms. The third kappa shape index (κ3) is 4.61. The number of fused-ring (bicyclic) bond motifs is 1. The minimum Gasteiger partial charge on any atom is -0.444 e. The average molecular weight is 483 g/mol. The van der Waals surface area contributed by atoms with E-state index in [1.807, 2.05) is 29.6 Å².